The first kappa shape index (κ1) is 18.5. The molecule has 0 spiro atoms. The van der Waals surface area contributed by atoms with Gasteiger partial charge in [0.15, 0.2) is 5.15 Å². The number of urea groups is 1. The summed E-state index contributed by atoms with van der Waals surface area (Å²) >= 11 is 13.0. The highest BCUT2D eigenvalue weighted by molar-refractivity contribution is 7.11. The Morgan fingerprint density at radius 2 is 1.81 bits per heavy atom. The molecule has 9 nitrogen and oxygen atoms in total. The molecule has 0 aromatic carbocycles. The summed E-state index contributed by atoms with van der Waals surface area (Å²) in [7, 11) is 0. The first-order chi connectivity index (χ1) is 12.8. The lowest BCUT2D eigenvalue weighted by molar-refractivity contribution is -0.142. The molecule has 4 aliphatic heterocycles. The number of piperidine rings is 2. The Labute approximate surface area is 168 Å². The lowest BCUT2D eigenvalue weighted by atomic mass is 9.89. The monoisotopic (exact) mass is 431 g/mol. The summed E-state index contributed by atoms with van der Waals surface area (Å²) in [5, 5.41) is 4.63. The van der Waals surface area contributed by atoms with E-state index in [0.717, 1.165) is 24.4 Å². The smallest absolute Gasteiger partial charge is 0.322 e. The van der Waals surface area contributed by atoms with Crippen molar-refractivity contribution in [1.82, 2.24) is 24.8 Å². The Balaban J connectivity index is 1.44. The van der Waals surface area contributed by atoms with Crippen LogP contribution in [-0.2, 0) is 9.59 Å². The van der Waals surface area contributed by atoms with Crippen LogP contribution in [0.5, 0.6) is 0 Å². The second-order valence-corrected chi connectivity index (χ2v) is 8.46. The number of fused-ring (bicyclic) bond motifs is 3. The lowest BCUT2D eigenvalue weighted by Crippen LogP contribution is -2.65. The summed E-state index contributed by atoms with van der Waals surface area (Å²) in [5.41, 5.74) is 0.207. The highest BCUT2D eigenvalue weighted by atomic mass is 35.5. The maximum atomic E-state index is 12.8. The molecular weight excluding hydrogens is 417 g/mol. The molecule has 4 aliphatic rings. The number of piperazine rings is 1. The van der Waals surface area contributed by atoms with Gasteiger partial charge in [-0.05, 0) is 24.4 Å². The van der Waals surface area contributed by atoms with Gasteiger partial charge in [0.2, 0.25) is 5.91 Å². The number of hydrogen-bond donors (Lipinski definition) is 2. The van der Waals surface area contributed by atoms with Crippen molar-refractivity contribution < 1.29 is 19.2 Å². The molecule has 4 saturated heterocycles. The van der Waals surface area contributed by atoms with Gasteiger partial charge in [0.1, 0.15) is 15.9 Å². The van der Waals surface area contributed by atoms with Gasteiger partial charge in [0.05, 0.1) is 6.42 Å². The zero-order valence-electron chi connectivity index (χ0n) is 13.9. The fourth-order valence-electron chi connectivity index (χ4n) is 3.85. The average Bonchev–Trinajstić information content (AvgIpc) is 3.15. The summed E-state index contributed by atoms with van der Waals surface area (Å²) in [6.07, 6.45) is 1.45. The standard InChI is InChI=1S/C15H15Cl2N5O4S/c16-11-10(12(17)27-20-11)14(25)22-5-6-1-2-7(22)4-21(6)9(23)3-8-13(24)19-15(26)18-8/h6-8H,1-5H2,(H2,18,19,24,26). The average molecular weight is 432 g/mol. The van der Waals surface area contributed by atoms with Crippen LogP contribution in [0, 0.1) is 0 Å². The van der Waals surface area contributed by atoms with Crippen molar-refractivity contribution in [3.8, 4) is 0 Å². The zero-order valence-corrected chi connectivity index (χ0v) is 16.2. The minimum Gasteiger partial charge on any atom is -0.336 e. The highest BCUT2D eigenvalue weighted by Gasteiger charge is 2.45. The first-order valence-electron chi connectivity index (χ1n) is 8.37. The summed E-state index contributed by atoms with van der Waals surface area (Å²) < 4.78 is 4.15. The van der Waals surface area contributed by atoms with Crippen molar-refractivity contribution in [1.29, 1.82) is 0 Å². The van der Waals surface area contributed by atoms with E-state index in [1.54, 1.807) is 9.80 Å². The van der Waals surface area contributed by atoms with E-state index in [4.69, 9.17) is 23.2 Å². The number of nitrogens with one attached hydrogen (secondary N) is 2. The summed E-state index contributed by atoms with van der Waals surface area (Å²) in [4.78, 5) is 51.7. The number of imide groups is 1. The van der Waals surface area contributed by atoms with E-state index in [0.29, 0.717) is 13.1 Å². The topological polar surface area (TPSA) is 112 Å². The van der Waals surface area contributed by atoms with Crippen LogP contribution in [0.1, 0.15) is 29.6 Å². The van der Waals surface area contributed by atoms with E-state index in [2.05, 4.69) is 15.0 Å². The molecule has 4 fully saturated rings. The Bertz CT molecular complexity index is 827. The summed E-state index contributed by atoms with van der Waals surface area (Å²) in [6, 6.07) is -1.73. The Hall–Kier alpha value is -1.91. The Kier molecular flexibility index (Phi) is 4.73. The number of rotatable bonds is 3. The fourth-order valence-corrected chi connectivity index (χ4v) is 5.03. The largest absolute Gasteiger partial charge is 0.336 e. The van der Waals surface area contributed by atoms with Crippen molar-refractivity contribution >= 4 is 58.5 Å². The normalized spacial score (nSPS) is 27.0. The van der Waals surface area contributed by atoms with Crippen molar-refractivity contribution in [2.45, 2.75) is 37.4 Å². The molecule has 1 aromatic rings. The molecular formula is C15H15Cl2N5O4S. The van der Waals surface area contributed by atoms with Crippen LogP contribution < -0.4 is 10.6 Å². The molecule has 0 aliphatic carbocycles. The second-order valence-electron chi connectivity index (χ2n) is 6.73. The zero-order chi connectivity index (χ0) is 19.3. The number of nitrogens with zero attached hydrogens (tertiary/aromatic N) is 3. The molecule has 1 aromatic heterocycles. The maximum Gasteiger partial charge on any atom is 0.322 e. The van der Waals surface area contributed by atoms with Gasteiger partial charge >= 0.3 is 6.03 Å². The fraction of sp³-hybridized carbons (Fsp3) is 0.533. The predicted molar refractivity (Wildman–Crippen MR) is 96.8 cm³/mol. The van der Waals surface area contributed by atoms with Gasteiger partial charge in [-0.1, -0.05) is 23.2 Å². The van der Waals surface area contributed by atoms with Gasteiger partial charge in [-0.25, -0.2) is 4.79 Å². The maximum absolute atomic E-state index is 12.8. The van der Waals surface area contributed by atoms with Crippen molar-refractivity contribution in [2.24, 2.45) is 0 Å². The molecule has 5 rings (SSSR count). The third kappa shape index (κ3) is 3.26. The van der Waals surface area contributed by atoms with Gasteiger partial charge in [-0.15, -0.1) is 0 Å². The molecule has 2 N–H and O–H groups in total. The van der Waals surface area contributed by atoms with Crippen LogP contribution in [0.2, 0.25) is 9.49 Å². The number of amides is 5. The second kappa shape index (κ2) is 6.92. The number of hydrogen-bond acceptors (Lipinski definition) is 6. The number of carbonyl (C=O) groups is 4. The third-order valence-electron chi connectivity index (χ3n) is 5.17. The summed E-state index contributed by atoms with van der Waals surface area (Å²) in [6.45, 7) is 0.755. The van der Waals surface area contributed by atoms with E-state index >= 15 is 0 Å². The first-order valence-corrected chi connectivity index (χ1v) is 9.90. The Morgan fingerprint density at radius 1 is 1.15 bits per heavy atom. The van der Waals surface area contributed by atoms with Crippen LogP contribution >= 0.6 is 34.7 Å². The van der Waals surface area contributed by atoms with Gasteiger partial charge in [-0.2, -0.15) is 4.37 Å². The van der Waals surface area contributed by atoms with Crippen LogP contribution in [0.25, 0.3) is 0 Å². The molecule has 0 saturated carbocycles. The van der Waals surface area contributed by atoms with Gasteiger partial charge < -0.3 is 15.1 Å². The van der Waals surface area contributed by atoms with E-state index in [1.165, 1.54) is 0 Å². The Morgan fingerprint density at radius 3 is 2.33 bits per heavy atom. The summed E-state index contributed by atoms with van der Waals surface area (Å²) in [5.74, 6) is -0.989. The van der Waals surface area contributed by atoms with Crippen molar-refractivity contribution in [3.05, 3.63) is 15.1 Å². The van der Waals surface area contributed by atoms with Crippen LogP contribution in [0.4, 0.5) is 4.79 Å². The van der Waals surface area contributed by atoms with Gasteiger partial charge in [0, 0.05) is 25.2 Å². The quantitative estimate of drug-likeness (QED) is 0.689. The molecule has 3 unspecified atom stereocenters. The lowest BCUT2D eigenvalue weighted by Gasteiger charge is -2.51. The van der Waals surface area contributed by atoms with Crippen LogP contribution in [0.15, 0.2) is 0 Å². The minimum absolute atomic E-state index is 0.0902. The number of carbonyl (C=O) groups excluding carboxylic acids is 4. The SMILES string of the molecule is O=C1NC(=O)C(CC(=O)N2CC3CCC2CN3C(=O)c2c(Cl)nsc2Cl)N1. The van der Waals surface area contributed by atoms with Gasteiger partial charge in [0.25, 0.3) is 11.8 Å². The molecule has 0 radical (unpaired) electrons. The molecule has 27 heavy (non-hydrogen) atoms. The minimum atomic E-state index is -0.849. The molecule has 5 amide bonds. The predicted octanol–water partition coefficient (Wildman–Crippen LogP) is 0.863. The van der Waals surface area contributed by atoms with Crippen LogP contribution in [0.3, 0.4) is 0 Å². The van der Waals surface area contributed by atoms with E-state index in [-0.39, 0.29) is 45.4 Å². The molecule has 5 heterocycles. The highest BCUT2D eigenvalue weighted by Crippen LogP contribution is 2.34. The molecule has 144 valence electrons. The molecule has 12 heteroatoms. The van der Waals surface area contributed by atoms with E-state index in [9.17, 15) is 19.2 Å². The third-order valence-corrected chi connectivity index (χ3v) is 6.58. The number of aromatic nitrogens is 1. The number of halogens is 2. The van der Waals surface area contributed by atoms with Crippen LogP contribution in [-0.4, -0.2) is 69.1 Å². The van der Waals surface area contributed by atoms with Crippen molar-refractivity contribution in [2.75, 3.05) is 13.1 Å². The van der Waals surface area contributed by atoms with Crippen molar-refractivity contribution in [3.63, 3.8) is 0 Å². The molecule has 2 bridgehead atoms. The van der Waals surface area contributed by atoms with E-state index in [1.807, 2.05) is 0 Å². The molecule has 3 atom stereocenters. The van der Waals surface area contributed by atoms with E-state index < -0.39 is 18.0 Å². The van der Waals surface area contributed by atoms with Gasteiger partial charge in [-0.3, -0.25) is 19.7 Å².